The van der Waals surface area contributed by atoms with E-state index in [1.807, 2.05) is 24.6 Å². The molecule has 0 bridgehead atoms. The SMILES string of the molecule is CCCCCCN=Cc1ccc2ccc3ccc(C=NCCCCCC)nc3c2n1. The first-order valence-corrected chi connectivity index (χ1v) is 11.5. The molecule has 0 saturated heterocycles. The van der Waals surface area contributed by atoms with Crippen LogP contribution in [0, 0.1) is 0 Å². The molecule has 3 rings (SSSR count). The number of hydrogen-bond donors (Lipinski definition) is 0. The molecule has 0 amide bonds. The lowest BCUT2D eigenvalue weighted by Gasteiger charge is -2.05. The quantitative estimate of drug-likeness (QED) is 0.190. The number of hydrogen-bond acceptors (Lipinski definition) is 4. The van der Waals surface area contributed by atoms with Crippen LogP contribution in [0.15, 0.2) is 46.4 Å². The fraction of sp³-hybridized carbons (Fsp3) is 0.462. The zero-order chi connectivity index (χ0) is 21.0. The van der Waals surface area contributed by atoms with Crippen molar-refractivity contribution in [2.75, 3.05) is 13.1 Å². The zero-order valence-electron chi connectivity index (χ0n) is 18.5. The largest absolute Gasteiger partial charge is 0.291 e. The van der Waals surface area contributed by atoms with E-state index in [0.717, 1.165) is 59.1 Å². The lowest BCUT2D eigenvalue weighted by atomic mass is 10.1. The predicted octanol–water partition coefficient (Wildman–Crippen LogP) is 6.78. The van der Waals surface area contributed by atoms with Gasteiger partial charge in [-0.3, -0.25) is 9.98 Å². The van der Waals surface area contributed by atoms with Gasteiger partial charge in [0.1, 0.15) is 0 Å². The third-order valence-electron chi connectivity index (χ3n) is 5.29. The minimum atomic E-state index is 0.867. The fourth-order valence-electron chi connectivity index (χ4n) is 3.52. The van der Waals surface area contributed by atoms with Crippen molar-refractivity contribution in [2.45, 2.75) is 65.2 Å². The van der Waals surface area contributed by atoms with E-state index in [1.54, 1.807) is 0 Å². The van der Waals surface area contributed by atoms with Crippen molar-refractivity contribution in [3.8, 4) is 0 Å². The molecule has 2 aromatic heterocycles. The van der Waals surface area contributed by atoms with E-state index in [1.165, 1.54) is 38.5 Å². The van der Waals surface area contributed by atoms with Gasteiger partial charge in [-0.2, -0.15) is 0 Å². The van der Waals surface area contributed by atoms with Gasteiger partial charge in [-0.1, -0.05) is 76.6 Å². The summed E-state index contributed by atoms with van der Waals surface area (Å²) in [6, 6.07) is 12.5. The summed E-state index contributed by atoms with van der Waals surface area (Å²) < 4.78 is 0. The van der Waals surface area contributed by atoms with Gasteiger partial charge in [0, 0.05) is 36.3 Å². The first-order valence-electron chi connectivity index (χ1n) is 11.5. The summed E-state index contributed by atoms with van der Waals surface area (Å²) in [5.74, 6) is 0. The van der Waals surface area contributed by atoms with Gasteiger partial charge in [0.15, 0.2) is 0 Å². The average molecular weight is 403 g/mol. The summed E-state index contributed by atoms with van der Waals surface area (Å²) >= 11 is 0. The highest BCUT2D eigenvalue weighted by Crippen LogP contribution is 2.22. The normalized spacial score (nSPS) is 12.1. The summed E-state index contributed by atoms with van der Waals surface area (Å²) in [6.07, 6.45) is 13.6. The number of unbranched alkanes of at least 4 members (excludes halogenated alkanes) is 6. The molecule has 0 radical (unpaired) electrons. The van der Waals surface area contributed by atoms with Gasteiger partial charge in [-0.25, -0.2) is 9.97 Å². The second kappa shape index (κ2) is 12.2. The molecule has 3 aromatic rings. The highest BCUT2D eigenvalue weighted by Gasteiger charge is 2.05. The average Bonchev–Trinajstić information content (AvgIpc) is 2.78. The van der Waals surface area contributed by atoms with Crippen LogP contribution in [-0.4, -0.2) is 35.5 Å². The van der Waals surface area contributed by atoms with Crippen LogP contribution >= 0.6 is 0 Å². The number of pyridine rings is 2. The Morgan fingerprint density at radius 3 is 1.47 bits per heavy atom. The maximum absolute atomic E-state index is 4.85. The van der Waals surface area contributed by atoms with Crippen LogP contribution in [0.3, 0.4) is 0 Å². The Morgan fingerprint density at radius 1 is 0.600 bits per heavy atom. The van der Waals surface area contributed by atoms with Gasteiger partial charge in [0.05, 0.1) is 22.4 Å². The molecule has 0 N–H and O–H groups in total. The molecule has 0 fully saturated rings. The zero-order valence-corrected chi connectivity index (χ0v) is 18.5. The minimum absolute atomic E-state index is 0.867. The van der Waals surface area contributed by atoms with E-state index in [2.05, 4.69) is 48.1 Å². The molecule has 0 atom stereocenters. The van der Waals surface area contributed by atoms with Crippen molar-refractivity contribution in [1.29, 1.82) is 0 Å². The summed E-state index contributed by atoms with van der Waals surface area (Å²) in [6.45, 7) is 6.19. The predicted molar refractivity (Wildman–Crippen MR) is 130 cm³/mol. The van der Waals surface area contributed by atoms with Crippen LogP contribution < -0.4 is 0 Å². The number of fused-ring (bicyclic) bond motifs is 3. The maximum Gasteiger partial charge on any atom is 0.0972 e. The van der Waals surface area contributed by atoms with E-state index in [4.69, 9.17) is 9.97 Å². The van der Waals surface area contributed by atoms with Gasteiger partial charge in [0.2, 0.25) is 0 Å². The lowest BCUT2D eigenvalue weighted by molar-refractivity contribution is 0.676. The molecule has 0 aliphatic carbocycles. The van der Waals surface area contributed by atoms with E-state index < -0.39 is 0 Å². The number of aliphatic imine (C=N–C) groups is 2. The van der Waals surface area contributed by atoms with Crippen LogP contribution in [0.1, 0.15) is 76.6 Å². The van der Waals surface area contributed by atoms with E-state index in [0.29, 0.717) is 0 Å². The molecule has 4 nitrogen and oxygen atoms in total. The van der Waals surface area contributed by atoms with Crippen molar-refractivity contribution in [2.24, 2.45) is 9.98 Å². The van der Waals surface area contributed by atoms with Crippen molar-refractivity contribution < 1.29 is 0 Å². The summed E-state index contributed by atoms with van der Waals surface area (Å²) in [5, 5.41) is 2.20. The first-order chi connectivity index (χ1) is 14.8. The standard InChI is InChI=1S/C26H34N4/c1-3-5-7-9-17-27-19-23-15-13-21-11-12-22-14-16-24(30-26(22)25(21)29-23)20-28-18-10-8-6-4-2/h11-16,19-20H,3-10,17-18H2,1-2H3. The Balaban J connectivity index is 1.76. The van der Waals surface area contributed by atoms with Crippen LogP contribution in [0.4, 0.5) is 0 Å². The van der Waals surface area contributed by atoms with Crippen LogP contribution in [0.2, 0.25) is 0 Å². The molecule has 1 aromatic carbocycles. The van der Waals surface area contributed by atoms with Crippen LogP contribution in [0.25, 0.3) is 21.8 Å². The second-order valence-corrected chi connectivity index (χ2v) is 7.87. The molecule has 0 unspecified atom stereocenters. The van der Waals surface area contributed by atoms with E-state index in [-0.39, 0.29) is 0 Å². The molecule has 0 spiro atoms. The molecule has 0 aliphatic rings. The van der Waals surface area contributed by atoms with Crippen molar-refractivity contribution >= 4 is 34.2 Å². The van der Waals surface area contributed by atoms with Gasteiger partial charge >= 0.3 is 0 Å². The third kappa shape index (κ3) is 6.45. The van der Waals surface area contributed by atoms with E-state index >= 15 is 0 Å². The molecular weight excluding hydrogens is 368 g/mol. The Bertz CT molecular complexity index is 910. The van der Waals surface area contributed by atoms with Gasteiger partial charge in [0.25, 0.3) is 0 Å². The Hall–Kier alpha value is -2.62. The van der Waals surface area contributed by atoms with Crippen molar-refractivity contribution in [3.63, 3.8) is 0 Å². The van der Waals surface area contributed by atoms with Gasteiger partial charge in [-0.15, -0.1) is 0 Å². The summed E-state index contributed by atoms with van der Waals surface area (Å²) in [4.78, 5) is 18.8. The van der Waals surface area contributed by atoms with E-state index in [9.17, 15) is 0 Å². The fourth-order valence-corrected chi connectivity index (χ4v) is 3.52. The second-order valence-electron chi connectivity index (χ2n) is 7.87. The highest BCUT2D eigenvalue weighted by atomic mass is 14.8. The molecule has 30 heavy (non-hydrogen) atoms. The number of rotatable bonds is 12. The Kier molecular flexibility index (Phi) is 8.95. The Labute approximate surface area is 180 Å². The minimum Gasteiger partial charge on any atom is -0.291 e. The topological polar surface area (TPSA) is 50.5 Å². The summed E-state index contributed by atoms with van der Waals surface area (Å²) in [5.41, 5.74) is 3.64. The van der Waals surface area contributed by atoms with Crippen LogP contribution in [-0.2, 0) is 0 Å². The van der Waals surface area contributed by atoms with Crippen LogP contribution in [0.5, 0.6) is 0 Å². The molecule has 4 heteroatoms. The molecule has 0 aliphatic heterocycles. The van der Waals surface area contributed by atoms with Gasteiger partial charge in [-0.05, 0) is 25.0 Å². The smallest absolute Gasteiger partial charge is 0.0972 e. The Morgan fingerprint density at radius 2 is 1.03 bits per heavy atom. The molecule has 0 saturated carbocycles. The maximum atomic E-state index is 4.85. The highest BCUT2D eigenvalue weighted by molar-refractivity contribution is 6.04. The lowest BCUT2D eigenvalue weighted by Crippen LogP contribution is -1.95. The van der Waals surface area contributed by atoms with Crippen molar-refractivity contribution in [1.82, 2.24) is 9.97 Å². The molecule has 2 heterocycles. The third-order valence-corrected chi connectivity index (χ3v) is 5.29. The van der Waals surface area contributed by atoms with Crippen molar-refractivity contribution in [3.05, 3.63) is 47.8 Å². The monoisotopic (exact) mass is 402 g/mol. The molecule has 158 valence electrons. The number of nitrogens with zero attached hydrogens (tertiary/aromatic N) is 4. The van der Waals surface area contributed by atoms with Gasteiger partial charge < -0.3 is 0 Å². The molecular formula is C26H34N4. The number of aromatic nitrogens is 2. The summed E-state index contributed by atoms with van der Waals surface area (Å²) in [7, 11) is 0. The number of benzene rings is 1. The first kappa shape index (κ1) is 22.1.